The molecule has 2 rings (SSSR count). The van der Waals surface area contributed by atoms with Gasteiger partial charge in [-0.25, -0.2) is 13.2 Å². The van der Waals surface area contributed by atoms with Crippen LogP contribution in [0.4, 0.5) is 0 Å². The molecule has 0 atom stereocenters. The van der Waals surface area contributed by atoms with Gasteiger partial charge in [0, 0.05) is 0 Å². The van der Waals surface area contributed by atoms with E-state index in [9.17, 15) is 13.2 Å². The highest BCUT2D eigenvalue weighted by Crippen LogP contribution is 2.39. The minimum absolute atomic E-state index is 0.0943. The van der Waals surface area contributed by atoms with Crippen molar-refractivity contribution in [1.82, 2.24) is 0 Å². The molecular formula is C10H10O6S. The van der Waals surface area contributed by atoms with Crippen LogP contribution >= 0.6 is 0 Å². The van der Waals surface area contributed by atoms with Crippen LogP contribution in [0.2, 0.25) is 0 Å². The Kier molecular flexibility index (Phi) is 2.70. The number of ether oxygens (including phenoxy) is 2. The maximum atomic E-state index is 11.8. The molecule has 7 heteroatoms. The molecule has 0 radical (unpaired) electrons. The van der Waals surface area contributed by atoms with Crippen molar-refractivity contribution in [3.05, 3.63) is 17.7 Å². The van der Waals surface area contributed by atoms with Crippen molar-refractivity contribution in [2.45, 2.75) is 11.8 Å². The van der Waals surface area contributed by atoms with E-state index in [1.807, 2.05) is 0 Å². The molecule has 0 unspecified atom stereocenters. The van der Waals surface area contributed by atoms with Crippen LogP contribution in [0.3, 0.4) is 0 Å². The Bertz CT molecular complexity index is 575. The molecule has 1 aromatic rings. The van der Waals surface area contributed by atoms with Gasteiger partial charge in [0.25, 0.3) is 0 Å². The third-order valence-electron chi connectivity index (χ3n) is 2.40. The zero-order valence-electron chi connectivity index (χ0n) is 8.97. The minimum atomic E-state index is -3.55. The third-order valence-corrected chi connectivity index (χ3v) is 4.13. The Hall–Kier alpha value is -1.76. The number of aromatic carboxylic acids is 1. The Balaban J connectivity index is 2.70. The number of carboxylic acid groups (broad SMARTS) is 1. The van der Waals surface area contributed by atoms with Crippen molar-refractivity contribution >= 4 is 15.8 Å². The lowest BCUT2D eigenvalue weighted by molar-refractivity contribution is 0.0696. The van der Waals surface area contributed by atoms with E-state index in [0.29, 0.717) is 0 Å². The number of carboxylic acids is 1. The first kappa shape index (κ1) is 11.7. The molecule has 17 heavy (non-hydrogen) atoms. The zero-order valence-corrected chi connectivity index (χ0v) is 9.78. The van der Waals surface area contributed by atoms with Crippen molar-refractivity contribution in [2.75, 3.05) is 12.5 Å². The van der Waals surface area contributed by atoms with Gasteiger partial charge in [-0.1, -0.05) is 6.92 Å². The largest absolute Gasteiger partial charge is 0.478 e. The summed E-state index contributed by atoms with van der Waals surface area (Å²) in [7, 11) is -3.55. The van der Waals surface area contributed by atoms with Crippen molar-refractivity contribution in [3.63, 3.8) is 0 Å². The van der Waals surface area contributed by atoms with E-state index >= 15 is 0 Å². The third kappa shape index (κ3) is 1.93. The van der Waals surface area contributed by atoms with Crippen molar-refractivity contribution < 1.29 is 27.8 Å². The van der Waals surface area contributed by atoms with E-state index in [0.717, 1.165) is 6.07 Å². The van der Waals surface area contributed by atoms with Crippen LogP contribution in [0.15, 0.2) is 17.0 Å². The predicted molar refractivity (Wildman–Crippen MR) is 57.3 cm³/mol. The standard InChI is InChI=1S/C10H10O6S/c1-2-17(13,14)8-4-6(10(11)12)3-7-9(8)16-5-15-7/h3-4H,2,5H2,1H3,(H,11,12). The quantitative estimate of drug-likeness (QED) is 0.866. The Morgan fingerprint density at radius 1 is 1.41 bits per heavy atom. The Morgan fingerprint density at radius 3 is 2.71 bits per heavy atom. The summed E-state index contributed by atoms with van der Waals surface area (Å²) < 4.78 is 33.7. The minimum Gasteiger partial charge on any atom is -0.478 e. The van der Waals surface area contributed by atoms with Gasteiger partial charge in [0.1, 0.15) is 4.90 Å². The molecule has 0 saturated carbocycles. The van der Waals surface area contributed by atoms with Crippen molar-refractivity contribution in [1.29, 1.82) is 0 Å². The maximum absolute atomic E-state index is 11.8. The van der Waals surface area contributed by atoms with Crippen LogP contribution < -0.4 is 9.47 Å². The van der Waals surface area contributed by atoms with E-state index in [-0.39, 0.29) is 34.5 Å². The van der Waals surface area contributed by atoms with E-state index in [4.69, 9.17) is 14.6 Å². The molecule has 6 nitrogen and oxygen atoms in total. The lowest BCUT2D eigenvalue weighted by atomic mass is 10.2. The van der Waals surface area contributed by atoms with Crippen molar-refractivity contribution in [2.24, 2.45) is 0 Å². The van der Waals surface area contributed by atoms with Gasteiger partial charge in [-0.05, 0) is 12.1 Å². The summed E-state index contributed by atoms with van der Waals surface area (Å²) in [6, 6.07) is 2.34. The summed E-state index contributed by atoms with van der Waals surface area (Å²) in [6.45, 7) is 1.37. The van der Waals surface area contributed by atoms with Gasteiger partial charge in [0.15, 0.2) is 21.3 Å². The Labute approximate surface area is 97.7 Å². The normalized spacial score (nSPS) is 13.7. The molecule has 0 aromatic heterocycles. The predicted octanol–water partition coefficient (Wildman–Crippen LogP) is 0.907. The molecule has 0 spiro atoms. The first-order chi connectivity index (χ1) is 7.95. The number of hydrogen-bond donors (Lipinski definition) is 1. The van der Waals surface area contributed by atoms with Crippen LogP contribution in [-0.2, 0) is 9.84 Å². The second-order valence-electron chi connectivity index (χ2n) is 3.42. The molecule has 1 heterocycles. The fourth-order valence-electron chi connectivity index (χ4n) is 1.49. The highest BCUT2D eigenvalue weighted by atomic mass is 32.2. The maximum Gasteiger partial charge on any atom is 0.335 e. The fraction of sp³-hybridized carbons (Fsp3) is 0.300. The topological polar surface area (TPSA) is 89.9 Å². The molecule has 0 saturated heterocycles. The summed E-state index contributed by atoms with van der Waals surface area (Å²) >= 11 is 0. The number of carbonyl (C=O) groups is 1. The van der Waals surface area contributed by atoms with Gasteiger partial charge >= 0.3 is 5.97 Å². The SMILES string of the molecule is CCS(=O)(=O)c1cc(C(=O)O)cc2c1OCO2. The van der Waals surface area contributed by atoms with Crippen LogP contribution in [0.1, 0.15) is 17.3 Å². The first-order valence-electron chi connectivity index (χ1n) is 4.85. The van der Waals surface area contributed by atoms with Crippen molar-refractivity contribution in [3.8, 4) is 11.5 Å². The van der Waals surface area contributed by atoms with E-state index in [1.54, 1.807) is 0 Å². The summed E-state index contributed by atoms with van der Waals surface area (Å²) in [6.07, 6.45) is 0. The highest BCUT2D eigenvalue weighted by Gasteiger charge is 2.27. The number of rotatable bonds is 3. The zero-order chi connectivity index (χ0) is 12.6. The molecule has 0 fully saturated rings. The molecular weight excluding hydrogens is 248 g/mol. The second kappa shape index (κ2) is 3.92. The number of hydrogen-bond acceptors (Lipinski definition) is 5. The van der Waals surface area contributed by atoms with Gasteiger partial charge in [-0.15, -0.1) is 0 Å². The van der Waals surface area contributed by atoms with E-state index < -0.39 is 15.8 Å². The van der Waals surface area contributed by atoms with Gasteiger partial charge in [-0.3, -0.25) is 0 Å². The number of sulfone groups is 1. The molecule has 0 aliphatic carbocycles. The van der Waals surface area contributed by atoms with E-state index in [2.05, 4.69) is 0 Å². The fourth-order valence-corrected chi connectivity index (χ4v) is 2.55. The lowest BCUT2D eigenvalue weighted by Crippen LogP contribution is -2.07. The smallest absolute Gasteiger partial charge is 0.335 e. The molecule has 1 aromatic carbocycles. The highest BCUT2D eigenvalue weighted by molar-refractivity contribution is 7.91. The van der Waals surface area contributed by atoms with Crippen LogP contribution in [0.5, 0.6) is 11.5 Å². The molecule has 0 amide bonds. The van der Waals surface area contributed by atoms with E-state index in [1.165, 1.54) is 13.0 Å². The first-order valence-corrected chi connectivity index (χ1v) is 6.50. The molecule has 0 bridgehead atoms. The second-order valence-corrected chi connectivity index (χ2v) is 5.66. The summed E-state index contributed by atoms with van der Waals surface area (Å²) in [5, 5.41) is 8.89. The summed E-state index contributed by atoms with van der Waals surface area (Å²) in [5.41, 5.74) is -0.138. The van der Waals surface area contributed by atoms with Gasteiger partial charge in [0.2, 0.25) is 6.79 Å². The van der Waals surface area contributed by atoms with Crippen LogP contribution in [0, 0.1) is 0 Å². The van der Waals surface area contributed by atoms with Crippen LogP contribution in [0.25, 0.3) is 0 Å². The number of benzene rings is 1. The van der Waals surface area contributed by atoms with Gasteiger partial charge < -0.3 is 14.6 Å². The number of fused-ring (bicyclic) bond motifs is 1. The average Bonchev–Trinajstić information content (AvgIpc) is 2.75. The Morgan fingerprint density at radius 2 is 2.12 bits per heavy atom. The summed E-state index contributed by atoms with van der Waals surface area (Å²) in [5.74, 6) is -1.10. The monoisotopic (exact) mass is 258 g/mol. The molecule has 1 N–H and O–H groups in total. The average molecular weight is 258 g/mol. The molecule has 1 aliphatic heterocycles. The molecule has 92 valence electrons. The molecule has 1 aliphatic rings. The van der Waals surface area contributed by atoms with Crippen LogP contribution in [-0.4, -0.2) is 32.0 Å². The summed E-state index contributed by atoms with van der Waals surface area (Å²) in [4.78, 5) is 10.7. The lowest BCUT2D eigenvalue weighted by Gasteiger charge is -2.07. The van der Waals surface area contributed by atoms with Gasteiger partial charge in [-0.2, -0.15) is 0 Å². The van der Waals surface area contributed by atoms with Gasteiger partial charge in [0.05, 0.1) is 11.3 Å².